The SMILES string of the molecule is CC(N[C@@H](C)c1ccccn1)c1ccc(Cl)cc1. The highest BCUT2D eigenvalue weighted by Gasteiger charge is 2.11. The van der Waals surface area contributed by atoms with Crippen LogP contribution >= 0.6 is 11.6 Å². The second-order valence-corrected chi connectivity index (χ2v) is 4.85. The van der Waals surface area contributed by atoms with Crippen LogP contribution in [0.2, 0.25) is 5.02 Å². The summed E-state index contributed by atoms with van der Waals surface area (Å²) in [5, 5.41) is 4.29. The van der Waals surface area contributed by atoms with Gasteiger partial charge in [0, 0.05) is 23.3 Å². The molecule has 0 bridgehead atoms. The Balaban J connectivity index is 2.03. The van der Waals surface area contributed by atoms with Gasteiger partial charge in [-0.15, -0.1) is 0 Å². The van der Waals surface area contributed by atoms with Gasteiger partial charge in [0.2, 0.25) is 0 Å². The van der Waals surface area contributed by atoms with Crippen LogP contribution in [-0.2, 0) is 0 Å². The van der Waals surface area contributed by atoms with Gasteiger partial charge in [-0.1, -0.05) is 29.8 Å². The third-order valence-corrected chi connectivity index (χ3v) is 3.25. The number of rotatable bonds is 4. The zero-order valence-corrected chi connectivity index (χ0v) is 11.4. The van der Waals surface area contributed by atoms with Crippen LogP contribution in [0.15, 0.2) is 48.7 Å². The van der Waals surface area contributed by atoms with E-state index in [-0.39, 0.29) is 12.1 Å². The third kappa shape index (κ3) is 3.31. The van der Waals surface area contributed by atoms with Gasteiger partial charge in [-0.05, 0) is 43.7 Å². The molecular formula is C15H17ClN2. The maximum atomic E-state index is 5.89. The van der Waals surface area contributed by atoms with Gasteiger partial charge in [-0.25, -0.2) is 0 Å². The lowest BCUT2D eigenvalue weighted by molar-refractivity contribution is 0.486. The number of nitrogens with one attached hydrogen (secondary N) is 1. The minimum atomic E-state index is 0.219. The maximum absolute atomic E-state index is 5.89. The smallest absolute Gasteiger partial charge is 0.0570 e. The van der Waals surface area contributed by atoms with E-state index in [1.165, 1.54) is 5.56 Å². The molecule has 0 aliphatic heterocycles. The van der Waals surface area contributed by atoms with E-state index in [1.54, 1.807) is 0 Å². The second kappa shape index (κ2) is 5.98. The Morgan fingerprint density at radius 1 is 1.00 bits per heavy atom. The normalized spacial score (nSPS) is 14.2. The molecule has 2 aromatic rings. The molecule has 2 atom stereocenters. The van der Waals surface area contributed by atoms with Gasteiger partial charge in [0.05, 0.1) is 5.69 Å². The molecule has 0 spiro atoms. The van der Waals surface area contributed by atoms with Crippen molar-refractivity contribution < 1.29 is 0 Å². The molecule has 1 unspecified atom stereocenters. The van der Waals surface area contributed by atoms with Crippen LogP contribution in [0.1, 0.15) is 37.2 Å². The maximum Gasteiger partial charge on any atom is 0.0570 e. The average molecular weight is 261 g/mol. The molecule has 94 valence electrons. The molecule has 2 rings (SSSR count). The van der Waals surface area contributed by atoms with Crippen LogP contribution in [0.4, 0.5) is 0 Å². The number of hydrogen-bond acceptors (Lipinski definition) is 2. The summed E-state index contributed by atoms with van der Waals surface area (Å²) in [4.78, 5) is 4.36. The molecule has 1 aromatic carbocycles. The summed E-state index contributed by atoms with van der Waals surface area (Å²) in [6.45, 7) is 4.26. The first-order chi connectivity index (χ1) is 8.66. The fourth-order valence-corrected chi connectivity index (χ4v) is 2.07. The number of benzene rings is 1. The number of halogens is 1. The third-order valence-electron chi connectivity index (χ3n) is 3.00. The topological polar surface area (TPSA) is 24.9 Å². The predicted molar refractivity (Wildman–Crippen MR) is 75.7 cm³/mol. The van der Waals surface area contributed by atoms with E-state index in [0.29, 0.717) is 0 Å². The van der Waals surface area contributed by atoms with Gasteiger partial charge in [0.25, 0.3) is 0 Å². The molecule has 0 aliphatic carbocycles. The molecule has 0 aliphatic rings. The lowest BCUT2D eigenvalue weighted by atomic mass is 10.1. The second-order valence-electron chi connectivity index (χ2n) is 4.42. The molecule has 0 amide bonds. The molecule has 0 saturated carbocycles. The summed E-state index contributed by atoms with van der Waals surface area (Å²) in [6.07, 6.45) is 1.82. The Morgan fingerprint density at radius 3 is 2.33 bits per heavy atom. The van der Waals surface area contributed by atoms with E-state index < -0.39 is 0 Å². The molecule has 2 nitrogen and oxygen atoms in total. The van der Waals surface area contributed by atoms with Crippen molar-refractivity contribution in [2.45, 2.75) is 25.9 Å². The van der Waals surface area contributed by atoms with Crippen molar-refractivity contribution in [1.82, 2.24) is 10.3 Å². The highest BCUT2D eigenvalue weighted by atomic mass is 35.5. The molecule has 0 fully saturated rings. The van der Waals surface area contributed by atoms with Crippen LogP contribution in [0.5, 0.6) is 0 Å². The zero-order valence-electron chi connectivity index (χ0n) is 10.6. The Labute approximate surface area is 113 Å². The summed E-state index contributed by atoms with van der Waals surface area (Å²) in [6, 6.07) is 14.4. The molecule has 18 heavy (non-hydrogen) atoms. The van der Waals surface area contributed by atoms with Crippen LogP contribution in [0, 0.1) is 0 Å². The van der Waals surface area contributed by atoms with Crippen molar-refractivity contribution in [3.05, 3.63) is 64.9 Å². The molecule has 0 radical (unpaired) electrons. The van der Waals surface area contributed by atoms with Gasteiger partial charge >= 0.3 is 0 Å². The molecule has 1 N–H and O–H groups in total. The number of pyridine rings is 1. The van der Waals surface area contributed by atoms with Crippen molar-refractivity contribution in [1.29, 1.82) is 0 Å². The summed E-state index contributed by atoms with van der Waals surface area (Å²) < 4.78 is 0. The lowest BCUT2D eigenvalue weighted by Gasteiger charge is -2.20. The van der Waals surface area contributed by atoms with Crippen molar-refractivity contribution >= 4 is 11.6 Å². The Kier molecular flexibility index (Phi) is 4.34. The average Bonchev–Trinajstić information content (AvgIpc) is 2.40. The van der Waals surface area contributed by atoms with E-state index >= 15 is 0 Å². The first-order valence-electron chi connectivity index (χ1n) is 6.09. The quantitative estimate of drug-likeness (QED) is 0.893. The molecule has 1 aromatic heterocycles. The fourth-order valence-electron chi connectivity index (χ4n) is 1.94. The Hall–Kier alpha value is -1.38. The molecular weight excluding hydrogens is 244 g/mol. The van der Waals surface area contributed by atoms with Crippen LogP contribution in [0.3, 0.4) is 0 Å². The number of aromatic nitrogens is 1. The molecule has 1 heterocycles. The minimum Gasteiger partial charge on any atom is -0.302 e. The minimum absolute atomic E-state index is 0.219. The van der Waals surface area contributed by atoms with Crippen molar-refractivity contribution in [3.63, 3.8) is 0 Å². The van der Waals surface area contributed by atoms with Crippen molar-refractivity contribution in [3.8, 4) is 0 Å². The van der Waals surface area contributed by atoms with Crippen molar-refractivity contribution in [2.24, 2.45) is 0 Å². The summed E-state index contributed by atoms with van der Waals surface area (Å²) >= 11 is 5.89. The largest absolute Gasteiger partial charge is 0.302 e. The van der Waals surface area contributed by atoms with E-state index in [2.05, 4.69) is 24.1 Å². The zero-order chi connectivity index (χ0) is 13.0. The van der Waals surface area contributed by atoms with Gasteiger partial charge in [-0.2, -0.15) is 0 Å². The van der Waals surface area contributed by atoms with Crippen LogP contribution in [-0.4, -0.2) is 4.98 Å². The number of nitrogens with zero attached hydrogens (tertiary/aromatic N) is 1. The lowest BCUT2D eigenvalue weighted by Crippen LogP contribution is -2.23. The van der Waals surface area contributed by atoms with Crippen molar-refractivity contribution in [2.75, 3.05) is 0 Å². The van der Waals surface area contributed by atoms with Gasteiger partial charge < -0.3 is 5.32 Å². The summed E-state index contributed by atoms with van der Waals surface area (Å²) in [7, 11) is 0. The van der Waals surface area contributed by atoms with Gasteiger partial charge in [0.15, 0.2) is 0 Å². The first kappa shape index (κ1) is 13.1. The standard InChI is InChI=1S/C15H17ClN2/c1-11(13-6-8-14(16)9-7-13)18-12(2)15-5-3-4-10-17-15/h3-12,18H,1-2H3/t11?,12-/m0/s1. The van der Waals surface area contributed by atoms with E-state index in [0.717, 1.165) is 10.7 Å². The summed E-state index contributed by atoms with van der Waals surface area (Å²) in [5.41, 5.74) is 2.28. The first-order valence-corrected chi connectivity index (χ1v) is 6.47. The van der Waals surface area contributed by atoms with Crippen LogP contribution in [0.25, 0.3) is 0 Å². The Bertz CT molecular complexity index is 482. The van der Waals surface area contributed by atoms with E-state index in [4.69, 9.17) is 11.6 Å². The van der Waals surface area contributed by atoms with Crippen LogP contribution < -0.4 is 5.32 Å². The molecule has 0 saturated heterocycles. The van der Waals surface area contributed by atoms with E-state index in [9.17, 15) is 0 Å². The van der Waals surface area contributed by atoms with Gasteiger partial charge in [0.1, 0.15) is 0 Å². The monoisotopic (exact) mass is 260 g/mol. The molecule has 3 heteroatoms. The number of hydrogen-bond donors (Lipinski definition) is 1. The Morgan fingerprint density at radius 2 is 1.72 bits per heavy atom. The van der Waals surface area contributed by atoms with E-state index in [1.807, 2.05) is 48.7 Å². The highest BCUT2D eigenvalue weighted by Crippen LogP contribution is 2.19. The highest BCUT2D eigenvalue weighted by molar-refractivity contribution is 6.30. The fraction of sp³-hybridized carbons (Fsp3) is 0.267. The summed E-state index contributed by atoms with van der Waals surface area (Å²) in [5.74, 6) is 0. The predicted octanol–water partition coefficient (Wildman–Crippen LogP) is 4.15. The van der Waals surface area contributed by atoms with Gasteiger partial charge in [-0.3, -0.25) is 4.98 Å².